The maximum atomic E-state index is 2.47. The van der Waals surface area contributed by atoms with Crippen molar-refractivity contribution >= 4 is 0 Å². The largest absolute Gasteiger partial charge is 0.0848 e. The van der Waals surface area contributed by atoms with Crippen molar-refractivity contribution in [3.05, 3.63) is 12.2 Å². The van der Waals surface area contributed by atoms with E-state index >= 15 is 0 Å². The molecule has 1 fully saturated rings. The molecule has 0 aromatic rings. The Bertz CT molecular complexity index is 190. The third-order valence-electron chi connectivity index (χ3n) is 3.93. The van der Waals surface area contributed by atoms with Crippen LogP contribution in [0, 0.1) is 29.6 Å². The fraction of sp³-hybridized carbons (Fsp3) is 0.833. The molecular formula is C12H20. The normalized spacial score (nSPS) is 44.7. The van der Waals surface area contributed by atoms with Crippen LogP contribution in [0.3, 0.4) is 0 Å². The van der Waals surface area contributed by atoms with E-state index in [2.05, 4.69) is 32.9 Å². The molecule has 0 heteroatoms. The van der Waals surface area contributed by atoms with E-state index in [0.29, 0.717) is 0 Å². The minimum Gasteiger partial charge on any atom is -0.0848 e. The lowest BCUT2D eigenvalue weighted by atomic mass is 9.75. The van der Waals surface area contributed by atoms with Crippen molar-refractivity contribution in [3.8, 4) is 0 Å². The molecule has 4 unspecified atom stereocenters. The first-order valence-corrected chi connectivity index (χ1v) is 5.42. The van der Waals surface area contributed by atoms with Crippen molar-refractivity contribution in [2.45, 2.75) is 33.6 Å². The zero-order valence-electron chi connectivity index (χ0n) is 8.46. The van der Waals surface area contributed by atoms with E-state index in [9.17, 15) is 0 Å². The van der Waals surface area contributed by atoms with Crippen LogP contribution in [-0.2, 0) is 0 Å². The lowest BCUT2D eigenvalue weighted by Gasteiger charge is -2.30. The predicted octanol–water partition coefficient (Wildman–Crippen LogP) is 3.49. The van der Waals surface area contributed by atoms with E-state index in [0.717, 1.165) is 29.6 Å². The molecule has 0 aromatic heterocycles. The van der Waals surface area contributed by atoms with Crippen LogP contribution in [0.5, 0.6) is 0 Å². The predicted molar refractivity (Wildman–Crippen MR) is 52.8 cm³/mol. The van der Waals surface area contributed by atoms with Crippen molar-refractivity contribution in [1.82, 2.24) is 0 Å². The molecule has 0 nitrogen and oxygen atoms in total. The van der Waals surface area contributed by atoms with Crippen molar-refractivity contribution in [1.29, 1.82) is 0 Å². The topological polar surface area (TPSA) is 0 Å². The van der Waals surface area contributed by atoms with Crippen molar-refractivity contribution in [2.24, 2.45) is 29.6 Å². The van der Waals surface area contributed by atoms with Gasteiger partial charge in [0.05, 0.1) is 0 Å². The molecular weight excluding hydrogens is 144 g/mol. The summed E-state index contributed by atoms with van der Waals surface area (Å²) in [5.41, 5.74) is 0. The molecule has 1 saturated carbocycles. The first kappa shape index (κ1) is 8.34. The van der Waals surface area contributed by atoms with Gasteiger partial charge in [0.15, 0.2) is 0 Å². The Labute approximate surface area is 76.1 Å². The van der Waals surface area contributed by atoms with Crippen molar-refractivity contribution in [2.75, 3.05) is 0 Å². The Morgan fingerprint density at radius 1 is 1.25 bits per heavy atom. The van der Waals surface area contributed by atoms with Crippen LogP contribution < -0.4 is 0 Å². The first-order chi connectivity index (χ1) is 5.74. The second kappa shape index (κ2) is 2.90. The molecule has 0 N–H and O–H groups in total. The monoisotopic (exact) mass is 164 g/mol. The van der Waals surface area contributed by atoms with Gasteiger partial charge in [0.25, 0.3) is 0 Å². The summed E-state index contributed by atoms with van der Waals surface area (Å²) in [5, 5.41) is 0. The number of allylic oxidation sites excluding steroid dienone is 2. The van der Waals surface area contributed by atoms with Crippen LogP contribution >= 0.6 is 0 Å². The molecule has 0 radical (unpaired) electrons. The Morgan fingerprint density at radius 3 is 2.42 bits per heavy atom. The fourth-order valence-electron chi connectivity index (χ4n) is 3.53. The third-order valence-corrected chi connectivity index (χ3v) is 3.93. The second-order valence-corrected chi connectivity index (χ2v) is 4.84. The van der Waals surface area contributed by atoms with Gasteiger partial charge in [0.2, 0.25) is 0 Å². The third kappa shape index (κ3) is 1.04. The highest BCUT2D eigenvalue weighted by Gasteiger charge is 2.44. The summed E-state index contributed by atoms with van der Waals surface area (Å²) in [6, 6.07) is 0. The van der Waals surface area contributed by atoms with Crippen LogP contribution in [0.2, 0.25) is 0 Å². The smallest absolute Gasteiger partial charge is 0.0194 e. The van der Waals surface area contributed by atoms with Crippen molar-refractivity contribution in [3.63, 3.8) is 0 Å². The molecule has 0 heterocycles. The molecule has 0 saturated heterocycles. The molecule has 12 heavy (non-hydrogen) atoms. The van der Waals surface area contributed by atoms with Crippen LogP contribution in [0.1, 0.15) is 33.6 Å². The molecule has 2 aliphatic rings. The van der Waals surface area contributed by atoms with E-state index in [1.165, 1.54) is 12.8 Å². The highest BCUT2D eigenvalue weighted by Crippen LogP contribution is 2.51. The fourth-order valence-corrected chi connectivity index (χ4v) is 3.53. The molecule has 2 aliphatic carbocycles. The zero-order valence-corrected chi connectivity index (χ0v) is 8.46. The van der Waals surface area contributed by atoms with Gasteiger partial charge in [0.1, 0.15) is 0 Å². The maximum Gasteiger partial charge on any atom is -0.0194 e. The standard InChI is InChI=1S/C12H20/c1-4-11-9-5-6-10(7-9)12(11)8(2)3/h5-6,8-12H,4,7H2,1-3H3. The van der Waals surface area contributed by atoms with E-state index in [-0.39, 0.29) is 0 Å². The van der Waals surface area contributed by atoms with Crippen LogP contribution in [0.15, 0.2) is 12.2 Å². The lowest BCUT2D eigenvalue weighted by Crippen LogP contribution is -2.23. The summed E-state index contributed by atoms with van der Waals surface area (Å²) < 4.78 is 0. The molecule has 4 atom stereocenters. The summed E-state index contributed by atoms with van der Waals surface area (Å²) in [4.78, 5) is 0. The number of fused-ring (bicyclic) bond motifs is 2. The highest BCUT2D eigenvalue weighted by molar-refractivity contribution is 5.13. The van der Waals surface area contributed by atoms with E-state index in [4.69, 9.17) is 0 Å². The van der Waals surface area contributed by atoms with E-state index < -0.39 is 0 Å². The average Bonchev–Trinajstić information content (AvgIpc) is 2.60. The van der Waals surface area contributed by atoms with Crippen LogP contribution in [0.4, 0.5) is 0 Å². The van der Waals surface area contributed by atoms with Gasteiger partial charge in [-0.2, -0.15) is 0 Å². The molecule has 2 bridgehead atoms. The Balaban J connectivity index is 2.17. The van der Waals surface area contributed by atoms with Gasteiger partial charge < -0.3 is 0 Å². The van der Waals surface area contributed by atoms with Gasteiger partial charge >= 0.3 is 0 Å². The number of rotatable bonds is 2. The number of hydrogen-bond acceptors (Lipinski definition) is 0. The average molecular weight is 164 g/mol. The van der Waals surface area contributed by atoms with Crippen LogP contribution in [-0.4, -0.2) is 0 Å². The van der Waals surface area contributed by atoms with E-state index in [1.807, 2.05) is 0 Å². The minimum atomic E-state index is 0.884. The summed E-state index contributed by atoms with van der Waals surface area (Å²) in [6.07, 6.45) is 7.79. The second-order valence-electron chi connectivity index (χ2n) is 4.84. The van der Waals surface area contributed by atoms with Gasteiger partial charge in [-0.05, 0) is 36.0 Å². The zero-order chi connectivity index (χ0) is 8.72. The molecule has 0 aromatic carbocycles. The summed E-state index contributed by atoms with van der Waals surface area (Å²) in [5.74, 6) is 4.74. The summed E-state index contributed by atoms with van der Waals surface area (Å²) >= 11 is 0. The minimum absolute atomic E-state index is 0.884. The van der Waals surface area contributed by atoms with Gasteiger partial charge in [-0.1, -0.05) is 39.3 Å². The first-order valence-electron chi connectivity index (χ1n) is 5.42. The Hall–Kier alpha value is -0.260. The summed E-state index contributed by atoms with van der Waals surface area (Å²) in [7, 11) is 0. The molecule has 0 spiro atoms. The maximum absolute atomic E-state index is 2.47. The van der Waals surface area contributed by atoms with Crippen molar-refractivity contribution < 1.29 is 0 Å². The van der Waals surface area contributed by atoms with Gasteiger partial charge in [-0.15, -0.1) is 0 Å². The molecule has 0 amide bonds. The quantitative estimate of drug-likeness (QED) is 0.548. The van der Waals surface area contributed by atoms with Gasteiger partial charge in [0, 0.05) is 0 Å². The molecule has 0 aliphatic heterocycles. The number of hydrogen-bond donors (Lipinski definition) is 0. The summed E-state index contributed by atoms with van der Waals surface area (Å²) in [6.45, 7) is 7.14. The SMILES string of the molecule is CCC1C2C=CC(C2)C1C(C)C. The Kier molecular flexibility index (Phi) is 2.02. The lowest BCUT2D eigenvalue weighted by molar-refractivity contribution is 0.228. The molecule has 68 valence electrons. The van der Waals surface area contributed by atoms with Gasteiger partial charge in [-0.25, -0.2) is 0 Å². The molecule has 2 rings (SSSR count). The van der Waals surface area contributed by atoms with E-state index in [1.54, 1.807) is 0 Å². The Morgan fingerprint density at radius 2 is 1.92 bits per heavy atom. The van der Waals surface area contributed by atoms with Crippen LogP contribution in [0.25, 0.3) is 0 Å². The van der Waals surface area contributed by atoms with Gasteiger partial charge in [-0.3, -0.25) is 0 Å². The highest BCUT2D eigenvalue weighted by atomic mass is 14.5.